The molecule has 0 spiro atoms. The van der Waals surface area contributed by atoms with Gasteiger partial charge in [0.05, 0.1) is 10.6 Å². The van der Waals surface area contributed by atoms with Gasteiger partial charge in [0, 0.05) is 18.5 Å². The normalized spacial score (nSPS) is 16.5. The Kier molecular flexibility index (Phi) is 4.90. The van der Waals surface area contributed by atoms with Crippen molar-refractivity contribution in [3.05, 3.63) is 112 Å². The fourth-order valence-electron chi connectivity index (χ4n) is 3.53. The molecule has 3 aromatic rings. The Morgan fingerprint density at radius 1 is 0.862 bits per heavy atom. The number of nitrogens with zero attached hydrogens (tertiary/aromatic N) is 2. The van der Waals surface area contributed by atoms with Crippen LogP contribution in [0.15, 0.2) is 95.9 Å². The van der Waals surface area contributed by atoms with Gasteiger partial charge in [-0.3, -0.25) is 14.4 Å². The highest BCUT2D eigenvalue weighted by Gasteiger charge is 2.38. The van der Waals surface area contributed by atoms with Crippen LogP contribution < -0.4 is 0 Å². The Morgan fingerprint density at radius 3 is 2.10 bits per heavy atom. The van der Waals surface area contributed by atoms with Gasteiger partial charge in [0.15, 0.2) is 4.90 Å². The molecule has 0 saturated carbocycles. The lowest BCUT2D eigenvalue weighted by Gasteiger charge is -2.23. The second-order valence-corrected chi connectivity index (χ2v) is 8.53. The third-order valence-electron chi connectivity index (χ3n) is 4.92. The maximum absolute atomic E-state index is 13.5. The first-order valence-electron chi connectivity index (χ1n) is 9.07. The van der Waals surface area contributed by atoms with E-state index in [0.29, 0.717) is 5.70 Å². The van der Waals surface area contributed by atoms with Gasteiger partial charge in [-0.25, -0.2) is 8.42 Å². The van der Waals surface area contributed by atoms with Crippen LogP contribution in [0.4, 0.5) is 5.69 Å². The molecule has 3 aromatic carbocycles. The largest absolute Gasteiger partial charge is 0.289 e. The molecule has 6 nitrogen and oxygen atoms in total. The molecule has 0 N–H and O–H groups in total. The highest BCUT2D eigenvalue weighted by molar-refractivity contribution is 7.89. The van der Waals surface area contributed by atoms with Gasteiger partial charge >= 0.3 is 0 Å². The van der Waals surface area contributed by atoms with Crippen LogP contribution in [0, 0.1) is 10.1 Å². The van der Waals surface area contributed by atoms with Crippen molar-refractivity contribution < 1.29 is 13.3 Å². The minimum absolute atomic E-state index is 0.149. The SMILES string of the molecule is O=[N+]([O-])c1ccccc1S(=O)(=O)N1CC(c2ccccc2)C=C1c1ccccc1. The Bertz CT molecular complexity index is 1180. The Labute approximate surface area is 168 Å². The maximum atomic E-state index is 13.5. The molecule has 4 rings (SSSR count). The lowest BCUT2D eigenvalue weighted by Crippen LogP contribution is -2.29. The van der Waals surface area contributed by atoms with Gasteiger partial charge in [0.25, 0.3) is 15.7 Å². The van der Waals surface area contributed by atoms with Crippen LogP contribution in [0.25, 0.3) is 5.70 Å². The zero-order valence-corrected chi connectivity index (χ0v) is 16.2. The molecule has 1 aliphatic heterocycles. The van der Waals surface area contributed by atoms with Gasteiger partial charge in [-0.2, -0.15) is 0 Å². The van der Waals surface area contributed by atoms with Crippen molar-refractivity contribution in [2.24, 2.45) is 0 Å². The van der Waals surface area contributed by atoms with Crippen LogP contribution in [-0.4, -0.2) is 24.2 Å². The van der Waals surface area contributed by atoms with Crippen LogP contribution in [0.2, 0.25) is 0 Å². The fourth-order valence-corrected chi connectivity index (χ4v) is 5.20. The van der Waals surface area contributed by atoms with Gasteiger partial charge in [-0.05, 0) is 17.2 Å². The molecule has 0 fully saturated rings. The number of benzene rings is 3. The van der Waals surface area contributed by atoms with Crippen LogP contribution in [0.1, 0.15) is 17.0 Å². The van der Waals surface area contributed by atoms with E-state index < -0.39 is 20.6 Å². The molecule has 1 aliphatic rings. The first kappa shape index (κ1) is 18.9. The fraction of sp³-hybridized carbons (Fsp3) is 0.0909. The number of rotatable bonds is 5. The highest BCUT2D eigenvalue weighted by Crippen LogP contribution is 2.39. The summed E-state index contributed by atoms with van der Waals surface area (Å²) in [5, 5.41) is 11.4. The standard InChI is InChI=1S/C22H18N2O4S/c25-24(26)20-13-7-8-14-22(20)29(27,28)23-16-19(17-9-3-1-4-10-17)15-21(23)18-11-5-2-6-12-18/h1-15,19H,16H2. The molecule has 0 bridgehead atoms. The summed E-state index contributed by atoms with van der Waals surface area (Å²) in [5.41, 5.74) is 1.83. The predicted octanol–water partition coefficient (Wildman–Crippen LogP) is 4.42. The Hall–Kier alpha value is -3.45. The highest BCUT2D eigenvalue weighted by atomic mass is 32.2. The summed E-state index contributed by atoms with van der Waals surface area (Å²) in [6, 6.07) is 24.3. The molecular formula is C22H18N2O4S. The molecule has 146 valence electrons. The van der Waals surface area contributed by atoms with Gasteiger partial charge in [0.1, 0.15) is 0 Å². The lowest BCUT2D eigenvalue weighted by atomic mass is 10.00. The van der Waals surface area contributed by atoms with E-state index in [-0.39, 0.29) is 17.4 Å². The molecule has 0 aliphatic carbocycles. The minimum Gasteiger partial charge on any atom is -0.265 e. The average molecular weight is 406 g/mol. The number of hydrogen-bond acceptors (Lipinski definition) is 4. The van der Waals surface area contributed by atoms with Crippen molar-refractivity contribution in [1.29, 1.82) is 0 Å². The van der Waals surface area contributed by atoms with Gasteiger partial charge in [0.2, 0.25) is 0 Å². The van der Waals surface area contributed by atoms with Crippen LogP contribution in [0.5, 0.6) is 0 Å². The summed E-state index contributed by atoms with van der Waals surface area (Å²) in [6.07, 6.45) is 1.91. The molecule has 1 unspecified atom stereocenters. The summed E-state index contributed by atoms with van der Waals surface area (Å²) in [5.74, 6) is -0.149. The Balaban J connectivity index is 1.84. The molecule has 0 radical (unpaired) electrons. The topological polar surface area (TPSA) is 80.5 Å². The van der Waals surface area contributed by atoms with E-state index in [1.54, 1.807) is 0 Å². The van der Waals surface area contributed by atoms with Crippen molar-refractivity contribution in [1.82, 2.24) is 4.31 Å². The first-order valence-corrected chi connectivity index (χ1v) is 10.5. The molecule has 0 amide bonds. The minimum atomic E-state index is -4.13. The number of nitro groups is 1. The van der Waals surface area contributed by atoms with Crippen molar-refractivity contribution >= 4 is 21.4 Å². The summed E-state index contributed by atoms with van der Waals surface area (Å²) < 4.78 is 28.3. The third-order valence-corrected chi connectivity index (χ3v) is 6.74. The summed E-state index contributed by atoms with van der Waals surface area (Å²) in [7, 11) is -4.13. The van der Waals surface area contributed by atoms with Gasteiger partial charge in [-0.15, -0.1) is 0 Å². The monoisotopic (exact) mass is 406 g/mol. The van der Waals surface area contributed by atoms with Gasteiger partial charge in [-0.1, -0.05) is 78.9 Å². The van der Waals surface area contributed by atoms with Crippen molar-refractivity contribution in [3.63, 3.8) is 0 Å². The van der Waals surface area contributed by atoms with Crippen molar-refractivity contribution in [2.45, 2.75) is 10.8 Å². The quantitative estimate of drug-likeness (QED) is 0.464. The van der Waals surface area contributed by atoms with Crippen LogP contribution >= 0.6 is 0 Å². The van der Waals surface area contributed by atoms with Crippen molar-refractivity contribution in [3.8, 4) is 0 Å². The van der Waals surface area contributed by atoms with Crippen molar-refractivity contribution in [2.75, 3.05) is 6.54 Å². The third kappa shape index (κ3) is 3.52. The number of hydrogen-bond donors (Lipinski definition) is 0. The maximum Gasteiger partial charge on any atom is 0.289 e. The molecule has 29 heavy (non-hydrogen) atoms. The molecular weight excluding hydrogens is 388 g/mol. The number of sulfonamides is 1. The number of nitro benzene ring substituents is 1. The van der Waals surface area contributed by atoms with E-state index in [0.717, 1.165) is 11.1 Å². The molecule has 0 aromatic heterocycles. The van der Waals surface area contributed by atoms with E-state index in [1.165, 1.54) is 28.6 Å². The molecule has 7 heteroatoms. The Morgan fingerprint density at radius 2 is 1.45 bits per heavy atom. The summed E-state index contributed by atoms with van der Waals surface area (Å²) >= 11 is 0. The van der Waals surface area contributed by atoms with Gasteiger partial charge < -0.3 is 0 Å². The predicted molar refractivity (Wildman–Crippen MR) is 111 cm³/mol. The smallest absolute Gasteiger partial charge is 0.265 e. The molecule has 1 heterocycles. The lowest BCUT2D eigenvalue weighted by molar-refractivity contribution is -0.387. The second-order valence-electron chi connectivity index (χ2n) is 6.70. The van der Waals surface area contributed by atoms with Crippen LogP contribution in [-0.2, 0) is 10.0 Å². The number of para-hydroxylation sites is 1. The van der Waals surface area contributed by atoms with E-state index in [9.17, 15) is 18.5 Å². The first-order chi connectivity index (χ1) is 14.0. The average Bonchev–Trinajstić information content (AvgIpc) is 3.21. The zero-order valence-electron chi connectivity index (χ0n) is 15.4. The van der Waals surface area contributed by atoms with E-state index in [2.05, 4.69) is 0 Å². The van der Waals surface area contributed by atoms with E-state index in [4.69, 9.17) is 0 Å². The van der Waals surface area contributed by atoms with Crippen LogP contribution in [0.3, 0.4) is 0 Å². The molecule has 0 saturated heterocycles. The zero-order chi connectivity index (χ0) is 20.4. The summed E-state index contributed by atoms with van der Waals surface area (Å²) in [4.78, 5) is 10.5. The molecule has 1 atom stereocenters. The second kappa shape index (κ2) is 7.52. The summed E-state index contributed by atoms with van der Waals surface area (Å²) in [6.45, 7) is 0.183. The van der Waals surface area contributed by atoms with E-state index >= 15 is 0 Å². The van der Waals surface area contributed by atoms with E-state index in [1.807, 2.05) is 66.7 Å².